The van der Waals surface area contributed by atoms with Crippen LogP contribution < -0.4 is 10.0 Å². The fourth-order valence-corrected chi connectivity index (χ4v) is 4.89. The third-order valence-electron chi connectivity index (χ3n) is 4.69. The number of amides is 2. The van der Waals surface area contributed by atoms with Crippen molar-refractivity contribution in [3.63, 3.8) is 0 Å². The zero-order valence-corrected chi connectivity index (χ0v) is 17.8. The van der Waals surface area contributed by atoms with Gasteiger partial charge in [0.25, 0.3) is 5.91 Å². The molecule has 2 amide bonds. The number of hydrogen-bond acceptors (Lipinski definition) is 5. The molecule has 1 aromatic heterocycles. The molecule has 2 aromatic rings. The van der Waals surface area contributed by atoms with Gasteiger partial charge in [0.05, 0.1) is 9.77 Å². The maximum absolute atomic E-state index is 12.8. The van der Waals surface area contributed by atoms with E-state index in [4.69, 9.17) is 0 Å². The first-order chi connectivity index (χ1) is 14.6. The molecule has 2 heterocycles. The molecule has 3 rings (SSSR count). The number of alkyl halides is 3. The highest BCUT2D eigenvalue weighted by atomic mass is 32.2. The Bertz CT molecular complexity index is 1020. The largest absolute Gasteiger partial charge is 0.402 e. The molecule has 1 aromatic carbocycles. The molecule has 1 fully saturated rings. The first-order valence-corrected chi connectivity index (χ1v) is 11.7. The first-order valence-electron chi connectivity index (χ1n) is 9.39. The molecule has 0 spiro atoms. The smallest absolute Gasteiger partial charge is 0.326 e. The van der Waals surface area contributed by atoms with Crippen molar-refractivity contribution in [2.24, 2.45) is 0 Å². The third-order valence-corrected chi connectivity index (χ3v) is 6.97. The van der Waals surface area contributed by atoms with E-state index in [-0.39, 0.29) is 16.5 Å². The number of nitrogens with zero attached hydrogens (tertiary/aromatic N) is 1. The van der Waals surface area contributed by atoms with Crippen LogP contribution in [0.3, 0.4) is 0 Å². The summed E-state index contributed by atoms with van der Waals surface area (Å²) in [7, 11) is -4.34. The highest BCUT2D eigenvalue weighted by Crippen LogP contribution is 2.23. The van der Waals surface area contributed by atoms with E-state index in [2.05, 4.69) is 5.32 Å². The predicted molar refractivity (Wildman–Crippen MR) is 109 cm³/mol. The van der Waals surface area contributed by atoms with Crippen LogP contribution in [0.15, 0.2) is 46.7 Å². The number of likely N-dealkylation sites (tertiary alicyclic amines) is 1. The molecule has 7 nitrogen and oxygen atoms in total. The van der Waals surface area contributed by atoms with Crippen molar-refractivity contribution in [1.29, 1.82) is 0 Å². The van der Waals surface area contributed by atoms with Crippen molar-refractivity contribution in [3.05, 3.63) is 46.7 Å². The monoisotopic (exact) mass is 475 g/mol. The van der Waals surface area contributed by atoms with Gasteiger partial charge in [0.1, 0.15) is 12.6 Å². The van der Waals surface area contributed by atoms with E-state index in [1.54, 1.807) is 17.5 Å². The Kier molecular flexibility index (Phi) is 7.02. The van der Waals surface area contributed by atoms with Gasteiger partial charge in [0, 0.05) is 12.2 Å². The number of nitrogens with one attached hydrogen (secondary N) is 2. The summed E-state index contributed by atoms with van der Waals surface area (Å²) in [5, 5.41) is 4.44. The standard InChI is InChI=1S/C19H20F3N3O4S2/c20-19(21,22)12-23-31(28,29)14-8-6-13(7-9-14)24-17(26)15-4-1-2-10-25(15)18(27)16-5-3-11-30-16/h3,5-9,11,15,23H,1-2,4,10,12H2,(H,24,26). The predicted octanol–water partition coefficient (Wildman–Crippen LogP) is 3.22. The second-order valence-electron chi connectivity index (χ2n) is 6.94. The average Bonchev–Trinajstić information content (AvgIpc) is 3.27. The fraction of sp³-hybridized carbons (Fsp3) is 0.368. The van der Waals surface area contributed by atoms with Gasteiger partial charge in [-0.3, -0.25) is 9.59 Å². The minimum Gasteiger partial charge on any atom is -0.326 e. The van der Waals surface area contributed by atoms with Crippen molar-refractivity contribution in [3.8, 4) is 0 Å². The van der Waals surface area contributed by atoms with E-state index in [0.29, 0.717) is 17.8 Å². The van der Waals surface area contributed by atoms with Gasteiger partial charge in [-0.1, -0.05) is 6.07 Å². The molecule has 12 heteroatoms. The Morgan fingerprint density at radius 3 is 2.45 bits per heavy atom. The number of anilines is 1. The molecule has 168 valence electrons. The van der Waals surface area contributed by atoms with Crippen molar-refractivity contribution in [2.45, 2.75) is 36.4 Å². The summed E-state index contributed by atoms with van der Waals surface area (Å²) in [6, 6.07) is 7.56. The van der Waals surface area contributed by atoms with Crippen LogP contribution >= 0.6 is 11.3 Å². The molecule has 1 aliphatic heterocycles. The minimum absolute atomic E-state index is 0.216. The highest BCUT2D eigenvalue weighted by Gasteiger charge is 2.33. The Morgan fingerprint density at radius 1 is 1.13 bits per heavy atom. The van der Waals surface area contributed by atoms with Crippen LogP contribution in [0.1, 0.15) is 28.9 Å². The molecule has 1 saturated heterocycles. The van der Waals surface area contributed by atoms with E-state index in [1.165, 1.54) is 33.1 Å². The summed E-state index contributed by atoms with van der Waals surface area (Å²) in [5.41, 5.74) is 0.272. The SMILES string of the molecule is O=C(Nc1ccc(S(=O)(=O)NCC(F)(F)F)cc1)C1CCCCN1C(=O)c1cccs1. The third kappa shape index (κ3) is 6.05. The normalized spacial score (nSPS) is 17.4. The maximum atomic E-state index is 12.8. The Labute approximate surface area is 181 Å². The van der Waals surface area contributed by atoms with Gasteiger partial charge in [0.2, 0.25) is 15.9 Å². The van der Waals surface area contributed by atoms with E-state index in [0.717, 1.165) is 25.0 Å². The number of carbonyl (C=O) groups excluding carboxylic acids is 2. The first kappa shape index (κ1) is 23.2. The van der Waals surface area contributed by atoms with Gasteiger partial charge in [-0.25, -0.2) is 13.1 Å². The Hall–Kier alpha value is -2.44. The molecular formula is C19H20F3N3O4S2. The zero-order valence-electron chi connectivity index (χ0n) is 16.2. The lowest BCUT2D eigenvalue weighted by molar-refractivity contribution is -0.122. The van der Waals surface area contributed by atoms with Crippen LogP contribution in [0, 0.1) is 0 Å². The van der Waals surface area contributed by atoms with Crippen molar-refractivity contribution < 1.29 is 31.2 Å². The van der Waals surface area contributed by atoms with Crippen LogP contribution in [0.2, 0.25) is 0 Å². The van der Waals surface area contributed by atoms with Crippen LogP contribution in [-0.4, -0.2) is 50.4 Å². The summed E-state index contributed by atoms with van der Waals surface area (Å²) in [4.78, 5) is 27.2. The summed E-state index contributed by atoms with van der Waals surface area (Å²) >= 11 is 1.30. The minimum atomic E-state index is -4.67. The van der Waals surface area contributed by atoms with E-state index >= 15 is 0 Å². The van der Waals surface area contributed by atoms with Crippen LogP contribution in [0.25, 0.3) is 0 Å². The quantitative estimate of drug-likeness (QED) is 0.671. The second kappa shape index (κ2) is 9.37. The number of benzene rings is 1. The van der Waals surface area contributed by atoms with Crippen LogP contribution in [-0.2, 0) is 14.8 Å². The van der Waals surface area contributed by atoms with E-state index in [9.17, 15) is 31.2 Å². The number of hydrogen-bond donors (Lipinski definition) is 2. The fourth-order valence-electron chi connectivity index (χ4n) is 3.19. The Morgan fingerprint density at radius 2 is 1.84 bits per heavy atom. The summed E-state index contributed by atoms with van der Waals surface area (Å²) < 4.78 is 62.2. The number of piperidine rings is 1. The number of rotatable bonds is 6. The molecule has 1 atom stereocenters. The lowest BCUT2D eigenvalue weighted by Crippen LogP contribution is -2.49. The lowest BCUT2D eigenvalue weighted by Gasteiger charge is -2.34. The molecule has 2 N–H and O–H groups in total. The van der Waals surface area contributed by atoms with Gasteiger partial charge in [0.15, 0.2) is 0 Å². The second-order valence-corrected chi connectivity index (χ2v) is 9.66. The summed E-state index contributed by atoms with van der Waals surface area (Å²) in [6.45, 7) is -1.22. The van der Waals surface area contributed by atoms with Crippen LogP contribution in [0.5, 0.6) is 0 Å². The molecule has 0 bridgehead atoms. The number of carbonyl (C=O) groups is 2. The van der Waals surface area contributed by atoms with Gasteiger partial charge in [-0.15, -0.1) is 11.3 Å². The number of thiophene rings is 1. The van der Waals surface area contributed by atoms with Gasteiger partial charge in [-0.05, 0) is 55.0 Å². The molecular weight excluding hydrogens is 455 g/mol. The van der Waals surface area contributed by atoms with Gasteiger partial charge in [-0.2, -0.15) is 13.2 Å². The van der Waals surface area contributed by atoms with Crippen molar-refractivity contribution in [1.82, 2.24) is 9.62 Å². The number of halogens is 3. The lowest BCUT2D eigenvalue weighted by atomic mass is 10.0. The number of sulfonamides is 1. The summed E-state index contributed by atoms with van der Waals surface area (Å²) in [5.74, 6) is -0.623. The molecule has 1 unspecified atom stereocenters. The summed E-state index contributed by atoms with van der Waals surface area (Å²) in [6.07, 6.45) is -2.60. The van der Waals surface area contributed by atoms with Gasteiger partial charge < -0.3 is 10.2 Å². The van der Waals surface area contributed by atoms with Crippen LogP contribution in [0.4, 0.5) is 18.9 Å². The van der Waals surface area contributed by atoms with E-state index in [1.807, 2.05) is 0 Å². The van der Waals surface area contributed by atoms with Crippen molar-refractivity contribution in [2.75, 3.05) is 18.4 Å². The molecule has 1 aliphatic rings. The van der Waals surface area contributed by atoms with Crippen molar-refractivity contribution >= 4 is 38.9 Å². The molecule has 0 aliphatic carbocycles. The Balaban J connectivity index is 1.67. The highest BCUT2D eigenvalue weighted by molar-refractivity contribution is 7.89. The maximum Gasteiger partial charge on any atom is 0.402 e. The topological polar surface area (TPSA) is 95.6 Å². The molecule has 0 radical (unpaired) electrons. The average molecular weight is 476 g/mol. The zero-order chi connectivity index (χ0) is 22.6. The van der Waals surface area contributed by atoms with E-state index < -0.39 is 34.7 Å². The van der Waals surface area contributed by atoms with Gasteiger partial charge >= 0.3 is 6.18 Å². The molecule has 31 heavy (non-hydrogen) atoms. The molecule has 0 saturated carbocycles.